The lowest BCUT2D eigenvalue weighted by molar-refractivity contribution is -0.140. The van der Waals surface area contributed by atoms with Crippen LogP contribution in [0.1, 0.15) is 18.5 Å². The van der Waals surface area contributed by atoms with Crippen molar-refractivity contribution < 1.29 is 9.53 Å². The summed E-state index contributed by atoms with van der Waals surface area (Å²) in [6, 6.07) is 7.75. The number of carbonyl (C=O) groups excluding carboxylic acids is 1. The maximum Gasteiger partial charge on any atom is 0.305 e. The number of nitrogens with zero attached hydrogens (tertiary/aromatic N) is 1. The van der Waals surface area contributed by atoms with Gasteiger partial charge in [-0.05, 0) is 25.5 Å². The van der Waals surface area contributed by atoms with Gasteiger partial charge in [-0.3, -0.25) is 4.79 Å². The molecule has 0 aliphatic rings. The standard InChI is InChI=1S/C15H19N3O2/c1-10-9-12-11(5-3-6-13(12)16)15(18-10)17-8-4-7-14(19)20-2/h3,5-6,9H,4,7-8,16H2,1-2H3,(H,17,18). The maximum atomic E-state index is 11.1. The molecule has 0 aliphatic heterocycles. The van der Waals surface area contributed by atoms with Crippen LogP contribution in [0.2, 0.25) is 0 Å². The number of aryl methyl sites for hydroxylation is 1. The first-order valence-corrected chi connectivity index (χ1v) is 6.58. The molecule has 3 N–H and O–H groups in total. The summed E-state index contributed by atoms with van der Waals surface area (Å²) in [6.07, 6.45) is 1.10. The van der Waals surface area contributed by atoms with E-state index in [1.165, 1.54) is 7.11 Å². The van der Waals surface area contributed by atoms with E-state index in [0.29, 0.717) is 19.4 Å². The zero-order valence-corrected chi connectivity index (χ0v) is 11.8. The van der Waals surface area contributed by atoms with Crippen LogP contribution in [-0.4, -0.2) is 24.6 Å². The average Bonchev–Trinajstić information content (AvgIpc) is 2.44. The number of nitrogens with two attached hydrogens (primary N) is 1. The lowest BCUT2D eigenvalue weighted by Gasteiger charge is -2.11. The molecule has 0 saturated carbocycles. The summed E-state index contributed by atoms with van der Waals surface area (Å²) in [4.78, 5) is 15.5. The minimum atomic E-state index is -0.196. The average molecular weight is 273 g/mol. The van der Waals surface area contributed by atoms with Crippen LogP contribution < -0.4 is 11.1 Å². The highest BCUT2D eigenvalue weighted by molar-refractivity contribution is 5.99. The fraction of sp³-hybridized carbons (Fsp3) is 0.333. The van der Waals surface area contributed by atoms with Crippen LogP contribution in [0.5, 0.6) is 0 Å². The molecule has 0 radical (unpaired) electrons. The van der Waals surface area contributed by atoms with Crippen molar-refractivity contribution in [2.24, 2.45) is 0 Å². The Kier molecular flexibility index (Phi) is 4.40. The molecule has 1 aromatic heterocycles. The minimum absolute atomic E-state index is 0.196. The molecule has 1 heterocycles. The van der Waals surface area contributed by atoms with Crippen molar-refractivity contribution in [3.05, 3.63) is 30.0 Å². The van der Waals surface area contributed by atoms with E-state index in [-0.39, 0.29) is 5.97 Å². The Bertz CT molecular complexity index is 626. The summed E-state index contributed by atoms with van der Waals surface area (Å²) in [5.74, 6) is 0.607. The van der Waals surface area contributed by atoms with Crippen molar-refractivity contribution in [1.29, 1.82) is 0 Å². The predicted molar refractivity (Wildman–Crippen MR) is 80.6 cm³/mol. The molecular weight excluding hydrogens is 254 g/mol. The summed E-state index contributed by atoms with van der Waals surface area (Å²) in [5, 5.41) is 5.25. The second-order valence-electron chi connectivity index (χ2n) is 4.66. The number of fused-ring (bicyclic) bond motifs is 1. The summed E-state index contributed by atoms with van der Waals surface area (Å²) < 4.78 is 4.61. The van der Waals surface area contributed by atoms with Crippen molar-refractivity contribution in [2.45, 2.75) is 19.8 Å². The highest BCUT2D eigenvalue weighted by Gasteiger charge is 2.06. The number of benzene rings is 1. The van der Waals surface area contributed by atoms with E-state index in [1.807, 2.05) is 31.2 Å². The van der Waals surface area contributed by atoms with E-state index < -0.39 is 0 Å². The summed E-state index contributed by atoms with van der Waals surface area (Å²) in [7, 11) is 1.40. The number of anilines is 2. The molecule has 0 unspecified atom stereocenters. The fourth-order valence-electron chi connectivity index (χ4n) is 2.10. The zero-order chi connectivity index (χ0) is 14.5. The largest absolute Gasteiger partial charge is 0.469 e. The van der Waals surface area contributed by atoms with Gasteiger partial charge in [-0.25, -0.2) is 4.98 Å². The maximum absolute atomic E-state index is 11.1. The Morgan fingerprint density at radius 2 is 2.20 bits per heavy atom. The Morgan fingerprint density at radius 1 is 1.40 bits per heavy atom. The van der Waals surface area contributed by atoms with Gasteiger partial charge in [-0.15, -0.1) is 0 Å². The van der Waals surface area contributed by atoms with Crippen LogP contribution in [0, 0.1) is 6.92 Å². The van der Waals surface area contributed by atoms with E-state index in [9.17, 15) is 4.79 Å². The Labute approximate surface area is 118 Å². The number of rotatable bonds is 5. The third kappa shape index (κ3) is 3.17. The third-order valence-corrected chi connectivity index (χ3v) is 3.11. The Morgan fingerprint density at radius 3 is 2.95 bits per heavy atom. The van der Waals surface area contributed by atoms with Crippen molar-refractivity contribution in [2.75, 3.05) is 24.7 Å². The van der Waals surface area contributed by atoms with Crippen LogP contribution in [0.15, 0.2) is 24.3 Å². The van der Waals surface area contributed by atoms with Crippen molar-refractivity contribution in [3.8, 4) is 0 Å². The normalized spacial score (nSPS) is 10.5. The SMILES string of the molecule is COC(=O)CCCNc1nc(C)cc2c(N)cccc12. The first-order chi connectivity index (χ1) is 9.61. The molecule has 5 nitrogen and oxygen atoms in total. The number of nitrogen functional groups attached to an aromatic ring is 1. The number of hydrogen-bond acceptors (Lipinski definition) is 5. The van der Waals surface area contributed by atoms with Crippen molar-refractivity contribution >= 4 is 28.2 Å². The van der Waals surface area contributed by atoms with Crippen LogP contribution >= 0.6 is 0 Å². The fourth-order valence-corrected chi connectivity index (χ4v) is 2.10. The van der Waals surface area contributed by atoms with Crippen molar-refractivity contribution in [3.63, 3.8) is 0 Å². The van der Waals surface area contributed by atoms with E-state index >= 15 is 0 Å². The Hall–Kier alpha value is -2.30. The monoisotopic (exact) mass is 273 g/mol. The minimum Gasteiger partial charge on any atom is -0.469 e. The van der Waals surface area contributed by atoms with Crippen molar-refractivity contribution in [1.82, 2.24) is 4.98 Å². The van der Waals surface area contributed by atoms with Gasteiger partial charge in [-0.2, -0.15) is 0 Å². The molecule has 2 aromatic rings. The first-order valence-electron chi connectivity index (χ1n) is 6.58. The lowest BCUT2D eigenvalue weighted by Crippen LogP contribution is -2.08. The van der Waals surface area contributed by atoms with Gasteiger partial charge in [-0.1, -0.05) is 12.1 Å². The summed E-state index contributed by atoms with van der Waals surface area (Å²) >= 11 is 0. The van der Waals surface area contributed by atoms with Gasteiger partial charge in [0.05, 0.1) is 7.11 Å². The number of nitrogens with one attached hydrogen (secondary N) is 1. The van der Waals surface area contributed by atoms with E-state index in [0.717, 1.165) is 28.0 Å². The molecule has 0 aliphatic carbocycles. The number of ether oxygens (including phenoxy) is 1. The molecule has 5 heteroatoms. The van der Waals surface area contributed by atoms with Gasteiger partial charge >= 0.3 is 5.97 Å². The first kappa shape index (κ1) is 14.1. The number of carbonyl (C=O) groups is 1. The molecule has 106 valence electrons. The highest BCUT2D eigenvalue weighted by Crippen LogP contribution is 2.27. The number of esters is 1. The van der Waals surface area contributed by atoms with Gasteiger partial charge in [0.15, 0.2) is 0 Å². The topological polar surface area (TPSA) is 77.2 Å². The number of hydrogen-bond donors (Lipinski definition) is 2. The molecule has 0 amide bonds. The lowest BCUT2D eigenvalue weighted by atomic mass is 10.1. The van der Waals surface area contributed by atoms with Crippen LogP contribution in [0.4, 0.5) is 11.5 Å². The second kappa shape index (κ2) is 6.23. The van der Waals surface area contributed by atoms with Gasteiger partial charge < -0.3 is 15.8 Å². The van der Waals surface area contributed by atoms with E-state index in [2.05, 4.69) is 15.0 Å². The van der Waals surface area contributed by atoms with Gasteiger partial charge in [0.25, 0.3) is 0 Å². The molecule has 0 atom stereocenters. The van der Waals surface area contributed by atoms with Crippen LogP contribution in [0.25, 0.3) is 10.8 Å². The molecule has 1 aromatic carbocycles. The molecule has 20 heavy (non-hydrogen) atoms. The quantitative estimate of drug-likeness (QED) is 0.497. The second-order valence-corrected chi connectivity index (χ2v) is 4.66. The van der Waals surface area contributed by atoms with Crippen LogP contribution in [-0.2, 0) is 9.53 Å². The van der Waals surface area contributed by atoms with Gasteiger partial charge in [0, 0.05) is 35.1 Å². The molecule has 0 fully saturated rings. The summed E-state index contributed by atoms with van der Waals surface area (Å²) in [5.41, 5.74) is 7.64. The molecule has 0 bridgehead atoms. The highest BCUT2D eigenvalue weighted by atomic mass is 16.5. The third-order valence-electron chi connectivity index (χ3n) is 3.11. The van der Waals surface area contributed by atoms with E-state index in [4.69, 9.17) is 5.73 Å². The van der Waals surface area contributed by atoms with Crippen LogP contribution in [0.3, 0.4) is 0 Å². The van der Waals surface area contributed by atoms with Gasteiger partial charge in [0.1, 0.15) is 5.82 Å². The number of methoxy groups -OCH3 is 1. The molecule has 0 saturated heterocycles. The summed E-state index contributed by atoms with van der Waals surface area (Å²) in [6.45, 7) is 2.60. The van der Waals surface area contributed by atoms with E-state index in [1.54, 1.807) is 0 Å². The number of aromatic nitrogens is 1. The predicted octanol–water partition coefficient (Wildman–Crippen LogP) is 2.49. The molecule has 2 rings (SSSR count). The number of pyridine rings is 1. The zero-order valence-electron chi connectivity index (χ0n) is 11.8. The molecular formula is C15H19N3O2. The smallest absolute Gasteiger partial charge is 0.305 e. The molecule has 0 spiro atoms. The van der Waals surface area contributed by atoms with Gasteiger partial charge in [0.2, 0.25) is 0 Å². The Balaban J connectivity index is 2.13.